The number of hydrogen-bond donors (Lipinski definition) is 1. The summed E-state index contributed by atoms with van der Waals surface area (Å²) < 4.78 is 10.5. The van der Waals surface area contributed by atoms with Crippen molar-refractivity contribution in [2.24, 2.45) is 5.41 Å². The Labute approximate surface area is 99.2 Å². The van der Waals surface area contributed by atoms with Crippen molar-refractivity contribution in [1.29, 1.82) is 0 Å². The van der Waals surface area contributed by atoms with E-state index < -0.39 is 0 Å². The molecule has 0 saturated heterocycles. The van der Waals surface area contributed by atoms with Gasteiger partial charge in [-0.1, -0.05) is 19.9 Å². The van der Waals surface area contributed by atoms with Crippen molar-refractivity contribution < 1.29 is 9.47 Å². The quantitative estimate of drug-likeness (QED) is 0.675. The zero-order chi connectivity index (χ0) is 11.9. The van der Waals surface area contributed by atoms with Crippen LogP contribution in [-0.4, -0.2) is 40.0 Å². The predicted octanol–water partition coefficient (Wildman–Crippen LogP) is 1.99. The molecule has 1 aliphatic rings. The smallest absolute Gasteiger partial charge is 0.0689 e. The SMILES string of the molecule is COCCC(C)(C)CNCC1=CCCOC1. The van der Waals surface area contributed by atoms with Crippen LogP contribution in [0.25, 0.3) is 0 Å². The number of ether oxygens (including phenoxy) is 2. The Kier molecular flexibility index (Phi) is 6.03. The molecule has 0 bridgehead atoms. The van der Waals surface area contributed by atoms with Crippen LogP contribution in [0.2, 0.25) is 0 Å². The van der Waals surface area contributed by atoms with Crippen LogP contribution in [0.5, 0.6) is 0 Å². The molecule has 1 heterocycles. The lowest BCUT2D eigenvalue weighted by Gasteiger charge is -2.25. The minimum absolute atomic E-state index is 0.298. The molecule has 0 spiro atoms. The van der Waals surface area contributed by atoms with Crippen LogP contribution in [0.3, 0.4) is 0 Å². The fourth-order valence-corrected chi connectivity index (χ4v) is 1.76. The molecule has 3 heteroatoms. The van der Waals surface area contributed by atoms with Gasteiger partial charge in [0.05, 0.1) is 13.2 Å². The lowest BCUT2D eigenvalue weighted by molar-refractivity contribution is 0.144. The normalized spacial score (nSPS) is 17.3. The average molecular weight is 227 g/mol. The monoisotopic (exact) mass is 227 g/mol. The van der Waals surface area contributed by atoms with E-state index >= 15 is 0 Å². The van der Waals surface area contributed by atoms with Crippen LogP contribution in [0.1, 0.15) is 26.7 Å². The molecule has 0 fully saturated rings. The summed E-state index contributed by atoms with van der Waals surface area (Å²) in [5, 5.41) is 3.50. The summed E-state index contributed by atoms with van der Waals surface area (Å²) in [6, 6.07) is 0. The van der Waals surface area contributed by atoms with Gasteiger partial charge in [-0.2, -0.15) is 0 Å². The van der Waals surface area contributed by atoms with E-state index in [0.29, 0.717) is 5.41 Å². The molecule has 16 heavy (non-hydrogen) atoms. The highest BCUT2D eigenvalue weighted by Crippen LogP contribution is 2.18. The second-order valence-corrected chi connectivity index (χ2v) is 5.21. The molecule has 0 aromatic heterocycles. The first kappa shape index (κ1) is 13.7. The van der Waals surface area contributed by atoms with E-state index in [4.69, 9.17) is 9.47 Å². The lowest BCUT2D eigenvalue weighted by atomic mass is 9.89. The summed E-state index contributed by atoms with van der Waals surface area (Å²) in [5.74, 6) is 0. The van der Waals surface area contributed by atoms with E-state index in [9.17, 15) is 0 Å². The molecule has 0 radical (unpaired) electrons. The van der Waals surface area contributed by atoms with Gasteiger partial charge in [0.2, 0.25) is 0 Å². The third-order valence-electron chi connectivity index (χ3n) is 2.92. The highest BCUT2D eigenvalue weighted by molar-refractivity contribution is 5.06. The number of rotatable bonds is 7. The number of methoxy groups -OCH3 is 1. The van der Waals surface area contributed by atoms with Crippen molar-refractivity contribution in [3.8, 4) is 0 Å². The van der Waals surface area contributed by atoms with E-state index in [1.807, 2.05) is 0 Å². The van der Waals surface area contributed by atoms with Gasteiger partial charge < -0.3 is 14.8 Å². The van der Waals surface area contributed by atoms with Gasteiger partial charge in [-0.3, -0.25) is 0 Å². The number of hydrogen-bond acceptors (Lipinski definition) is 3. The Balaban J connectivity index is 2.15. The van der Waals surface area contributed by atoms with Gasteiger partial charge >= 0.3 is 0 Å². The maximum atomic E-state index is 5.40. The molecular formula is C13H25NO2. The highest BCUT2D eigenvalue weighted by atomic mass is 16.5. The van der Waals surface area contributed by atoms with Gasteiger partial charge in [-0.25, -0.2) is 0 Å². The van der Waals surface area contributed by atoms with Crippen LogP contribution in [-0.2, 0) is 9.47 Å². The van der Waals surface area contributed by atoms with Gasteiger partial charge in [0.1, 0.15) is 0 Å². The van der Waals surface area contributed by atoms with Crippen molar-refractivity contribution in [2.45, 2.75) is 26.7 Å². The van der Waals surface area contributed by atoms with Crippen LogP contribution >= 0.6 is 0 Å². The highest BCUT2D eigenvalue weighted by Gasteiger charge is 2.17. The summed E-state index contributed by atoms with van der Waals surface area (Å²) in [6.07, 6.45) is 4.44. The van der Waals surface area contributed by atoms with Crippen molar-refractivity contribution >= 4 is 0 Å². The lowest BCUT2D eigenvalue weighted by Crippen LogP contribution is -2.32. The van der Waals surface area contributed by atoms with Crippen molar-refractivity contribution in [1.82, 2.24) is 5.32 Å². The first-order valence-corrected chi connectivity index (χ1v) is 6.09. The maximum Gasteiger partial charge on any atom is 0.0689 e. The fourth-order valence-electron chi connectivity index (χ4n) is 1.76. The van der Waals surface area contributed by atoms with E-state index in [1.165, 1.54) is 5.57 Å². The Bertz CT molecular complexity index is 224. The van der Waals surface area contributed by atoms with Crippen molar-refractivity contribution in [3.63, 3.8) is 0 Å². The molecule has 3 nitrogen and oxygen atoms in total. The molecule has 0 saturated carbocycles. The van der Waals surface area contributed by atoms with E-state index in [1.54, 1.807) is 7.11 Å². The minimum Gasteiger partial charge on any atom is -0.385 e. The Morgan fingerprint density at radius 2 is 2.31 bits per heavy atom. The van der Waals surface area contributed by atoms with Crippen LogP contribution in [0, 0.1) is 5.41 Å². The molecule has 0 aromatic rings. The summed E-state index contributed by atoms with van der Waals surface area (Å²) >= 11 is 0. The molecule has 0 unspecified atom stereocenters. The maximum absolute atomic E-state index is 5.40. The van der Waals surface area contributed by atoms with Gasteiger partial charge in [0, 0.05) is 26.8 Å². The third-order valence-corrected chi connectivity index (χ3v) is 2.92. The van der Waals surface area contributed by atoms with E-state index in [-0.39, 0.29) is 0 Å². The van der Waals surface area contributed by atoms with Gasteiger partial charge in [0.15, 0.2) is 0 Å². The average Bonchev–Trinajstić information content (AvgIpc) is 2.28. The summed E-state index contributed by atoms with van der Waals surface area (Å²) in [5.41, 5.74) is 1.68. The molecule has 1 N–H and O–H groups in total. The van der Waals surface area contributed by atoms with Crippen molar-refractivity contribution in [2.75, 3.05) is 40.0 Å². The first-order chi connectivity index (χ1) is 7.64. The van der Waals surface area contributed by atoms with Gasteiger partial charge in [-0.15, -0.1) is 0 Å². The van der Waals surface area contributed by atoms with Crippen LogP contribution in [0.4, 0.5) is 0 Å². The largest absolute Gasteiger partial charge is 0.385 e. The third kappa shape index (κ3) is 5.64. The molecular weight excluding hydrogens is 202 g/mol. The Morgan fingerprint density at radius 1 is 1.50 bits per heavy atom. The van der Waals surface area contributed by atoms with Crippen molar-refractivity contribution in [3.05, 3.63) is 11.6 Å². The zero-order valence-electron chi connectivity index (χ0n) is 10.8. The Hall–Kier alpha value is -0.380. The second kappa shape index (κ2) is 7.05. The molecule has 1 aliphatic heterocycles. The standard InChI is InChI=1S/C13H25NO2/c1-13(2,6-8-15-3)11-14-9-12-5-4-7-16-10-12/h5,14H,4,6-11H2,1-3H3. The van der Waals surface area contributed by atoms with E-state index in [2.05, 4.69) is 25.2 Å². The Morgan fingerprint density at radius 3 is 2.94 bits per heavy atom. The summed E-state index contributed by atoms with van der Waals surface area (Å²) in [7, 11) is 1.76. The van der Waals surface area contributed by atoms with Gasteiger partial charge in [-0.05, 0) is 23.8 Å². The molecule has 0 aliphatic carbocycles. The molecule has 0 amide bonds. The first-order valence-electron chi connectivity index (χ1n) is 6.09. The van der Waals surface area contributed by atoms with Crippen LogP contribution in [0.15, 0.2) is 11.6 Å². The summed E-state index contributed by atoms with van der Waals surface area (Å²) in [4.78, 5) is 0. The fraction of sp³-hybridized carbons (Fsp3) is 0.846. The minimum atomic E-state index is 0.298. The molecule has 0 atom stereocenters. The molecule has 94 valence electrons. The van der Waals surface area contributed by atoms with E-state index in [0.717, 1.165) is 45.8 Å². The summed E-state index contributed by atoms with van der Waals surface area (Å²) in [6.45, 7) is 9.02. The van der Waals surface area contributed by atoms with Gasteiger partial charge in [0.25, 0.3) is 0 Å². The second-order valence-electron chi connectivity index (χ2n) is 5.21. The zero-order valence-corrected chi connectivity index (χ0v) is 10.8. The molecule has 0 aromatic carbocycles. The number of nitrogens with one attached hydrogen (secondary N) is 1. The topological polar surface area (TPSA) is 30.5 Å². The van der Waals surface area contributed by atoms with Crippen LogP contribution < -0.4 is 5.32 Å². The molecule has 1 rings (SSSR count). The predicted molar refractivity (Wildman–Crippen MR) is 66.7 cm³/mol.